The van der Waals surface area contributed by atoms with Crippen molar-refractivity contribution >= 4 is 15.7 Å². The Bertz CT molecular complexity index is 581. The van der Waals surface area contributed by atoms with Crippen molar-refractivity contribution in [2.45, 2.75) is 31.8 Å². The number of hydrogen-bond donors (Lipinski definition) is 2. The van der Waals surface area contributed by atoms with Gasteiger partial charge in [0, 0.05) is 6.04 Å². The van der Waals surface area contributed by atoms with Crippen LogP contribution < -0.4 is 11.1 Å². The number of hydrogen-bond acceptors (Lipinski definition) is 4. The lowest BCUT2D eigenvalue weighted by molar-refractivity contribution is -0.123. The molecule has 1 saturated heterocycles. The maximum Gasteiger partial charge on any atom is 0.241 e. The molecule has 1 aliphatic heterocycles. The highest BCUT2D eigenvalue weighted by atomic mass is 32.2. The summed E-state index contributed by atoms with van der Waals surface area (Å²) in [4.78, 5) is 12.1. The maximum absolute atomic E-state index is 12.1. The van der Waals surface area contributed by atoms with Crippen LogP contribution in [0, 0.1) is 6.92 Å². The van der Waals surface area contributed by atoms with Gasteiger partial charge in [-0.15, -0.1) is 0 Å². The lowest BCUT2D eigenvalue weighted by atomic mass is 10.0. The summed E-state index contributed by atoms with van der Waals surface area (Å²) in [6, 6.07) is 6.34. The van der Waals surface area contributed by atoms with Crippen LogP contribution in [0.4, 0.5) is 0 Å². The van der Waals surface area contributed by atoms with Crippen LogP contribution >= 0.6 is 0 Å². The summed E-state index contributed by atoms with van der Waals surface area (Å²) >= 11 is 0. The van der Waals surface area contributed by atoms with E-state index < -0.39 is 15.9 Å². The van der Waals surface area contributed by atoms with E-state index >= 15 is 0 Å². The zero-order valence-electron chi connectivity index (χ0n) is 11.5. The van der Waals surface area contributed by atoms with Crippen molar-refractivity contribution < 1.29 is 13.2 Å². The largest absolute Gasteiger partial charge is 0.351 e. The Morgan fingerprint density at radius 2 is 2.00 bits per heavy atom. The molecular formula is C14H20N2O3S. The minimum atomic E-state index is -3.03. The van der Waals surface area contributed by atoms with E-state index in [0.717, 1.165) is 11.1 Å². The minimum Gasteiger partial charge on any atom is -0.351 e. The molecule has 2 rings (SSSR count). The molecule has 0 spiro atoms. The van der Waals surface area contributed by atoms with Crippen molar-refractivity contribution in [3.8, 4) is 0 Å². The number of carbonyl (C=O) groups is 1. The van der Waals surface area contributed by atoms with Gasteiger partial charge in [-0.3, -0.25) is 4.79 Å². The van der Waals surface area contributed by atoms with Crippen LogP contribution in [-0.2, 0) is 14.6 Å². The summed E-state index contributed by atoms with van der Waals surface area (Å²) in [5.74, 6) is -0.0982. The van der Waals surface area contributed by atoms with Crippen LogP contribution in [0.25, 0.3) is 0 Å². The first-order chi connectivity index (χ1) is 9.37. The zero-order valence-corrected chi connectivity index (χ0v) is 12.3. The van der Waals surface area contributed by atoms with Gasteiger partial charge < -0.3 is 11.1 Å². The van der Waals surface area contributed by atoms with E-state index in [1.54, 1.807) is 0 Å². The maximum atomic E-state index is 12.1. The predicted molar refractivity (Wildman–Crippen MR) is 77.9 cm³/mol. The number of nitrogens with two attached hydrogens (primary N) is 1. The number of nitrogens with one attached hydrogen (secondary N) is 1. The van der Waals surface area contributed by atoms with Crippen molar-refractivity contribution in [1.29, 1.82) is 0 Å². The second-order valence-electron chi connectivity index (χ2n) is 5.35. The Labute approximate surface area is 119 Å². The molecule has 2 unspecified atom stereocenters. The van der Waals surface area contributed by atoms with Crippen LogP contribution in [0.15, 0.2) is 24.3 Å². The molecule has 1 heterocycles. The van der Waals surface area contributed by atoms with Gasteiger partial charge in [0.05, 0.1) is 11.5 Å². The average Bonchev–Trinajstić information content (AvgIpc) is 2.37. The molecule has 1 amide bonds. The van der Waals surface area contributed by atoms with Gasteiger partial charge in [-0.2, -0.15) is 0 Å². The second kappa shape index (κ2) is 5.93. The Hall–Kier alpha value is -1.40. The monoisotopic (exact) mass is 296 g/mol. The molecule has 0 radical (unpaired) electrons. The number of sulfone groups is 1. The molecule has 20 heavy (non-hydrogen) atoms. The van der Waals surface area contributed by atoms with Crippen molar-refractivity contribution in [3.63, 3.8) is 0 Å². The lowest BCUT2D eigenvalue weighted by Gasteiger charge is -2.24. The molecule has 2 atom stereocenters. The van der Waals surface area contributed by atoms with Crippen molar-refractivity contribution in [1.82, 2.24) is 5.32 Å². The van der Waals surface area contributed by atoms with E-state index in [-0.39, 0.29) is 23.5 Å². The fourth-order valence-electron chi connectivity index (χ4n) is 2.35. The van der Waals surface area contributed by atoms with E-state index in [0.29, 0.717) is 12.8 Å². The van der Waals surface area contributed by atoms with Crippen LogP contribution in [-0.4, -0.2) is 31.9 Å². The Balaban J connectivity index is 1.99. The molecule has 110 valence electrons. The zero-order chi connectivity index (χ0) is 14.8. The number of aryl methyl sites for hydroxylation is 1. The van der Waals surface area contributed by atoms with Crippen LogP contribution in [0.3, 0.4) is 0 Å². The number of benzene rings is 1. The first-order valence-electron chi connectivity index (χ1n) is 6.70. The van der Waals surface area contributed by atoms with E-state index in [1.807, 2.05) is 31.2 Å². The van der Waals surface area contributed by atoms with Gasteiger partial charge in [-0.05, 0) is 25.3 Å². The second-order valence-corrected chi connectivity index (χ2v) is 7.58. The molecule has 1 aromatic carbocycles. The summed E-state index contributed by atoms with van der Waals surface area (Å²) in [6.07, 6.45) is 1.28. The number of rotatable bonds is 3. The third-order valence-corrected chi connectivity index (χ3v) is 5.35. The third-order valence-electron chi connectivity index (χ3n) is 3.53. The van der Waals surface area contributed by atoms with Gasteiger partial charge >= 0.3 is 0 Å². The van der Waals surface area contributed by atoms with E-state index in [2.05, 4.69) is 5.32 Å². The first-order valence-corrected chi connectivity index (χ1v) is 8.52. The van der Waals surface area contributed by atoms with E-state index in [4.69, 9.17) is 5.73 Å². The van der Waals surface area contributed by atoms with Crippen molar-refractivity contribution in [2.75, 3.05) is 11.5 Å². The molecule has 0 bridgehead atoms. The van der Waals surface area contributed by atoms with Gasteiger partial charge in [0.15, 0.2) is 9.84 Å². The van der Waals surface area contributed by atoms with Crippen LogP contribution in [0.1, 0.15) is 30.0 Å². The fourth-order valence-corrected chi connectivity index (χ4v) is 3.99. The molecule has 6 heteroatoms. The number of carbonyl (C=O) groups excluding carboxylic acids is 1. The Morgan fingerprint density at radius 1 is 1.35 bits per heavy atom. The smallest absolute Gasteiger partial charge is 0.241 e. The van der Waals surface area contributed by atoms with Crippen LogP contribution in [0.2, 0.25) is 0 Å². The third kappa shape index (κ3) is 3.80. The molecule has 3 N–H and O–H groups in total. The molecule has 1 fully saturated rings. The van der Waals surface area contributed by atoms with Crippen molar-refractivity contribution in [3.05, 3.63) is 35.4 Å². The van der Waals surface area contributed by atoms with E-state index in [1.165, 1.54) is 0 Å². The molecule has 1 aliphatic rings. The molecule has 0 aliphatic carbocycles. The van der Waals surface area contributed by atoms with Crippen molar-refractivity contribution in [2.24, 2.45) is 5.73 Å². The standard InChI is InChI=1S/C14H20N2O3S/c1-10-4-6-11(7-5-10)13(15)14(17)16-12-3-2-8-20(18,19)9-12/h4-7,12-13H,2-3,8-9,15H2,1H3,(H,16,17). The molecule has 0 aromatic heterocycles. The average molecular weight is 296 g/mol. The summed E-state index contributed by atoms with van der Waals surface area (Å²) in [5, 5.41) is 2.74. The van der Waals surface area contributed by atoms with Gasteiger partial charge in [-0.25, -0.2) is 8.42 Å². The highest BCUT2D eigenvalue weighted by Gasteiger charge is 2.27. The minimum absolute atomic E-state index is 0.0133. The summed E-state index contributed by atoms with van der Waals surface area (Å²) < 4.78 is 23.1. The SMILES string of the molecule is Cc1ccc(C(N)C(=O)NC2CCCS(=O)(=O)C2)cc1. The van der Waals surface area contributed by atoms with Gasteiger partial charge in [-0.1, -0.05) is 29.8 Å². The highest BCUT2D eigenvalue weighted by molar-refractivity contribution is 7.91. The summed E-state index contributed by atoms with van der Waals surface area (Å²) in [6.45, 7) is 1.96. The quantitative estimate of drug-likeness (QED) is 0.858. The van der Waals surface area contributed by atoms with E-state index in [9.17, 15) is 13.2 Å². The molecule has 0 saturated carbocycles. The number of amides is 1. The summed E-state index contributed by atoms with van der Waals surface area (Å²) in [7, 11) is -3.03. The van der Waals surface area contributed by atoms with Gasteiger partial charge in [0.1, 0.15) is 6.04 Å². The fraction of sp³-hybridized carbons (Fsp3) is 0.500. The lowest BCUT2D eigenvalue weighted by Crippen LogP contribution is -2.46. The highest BCUT2D eigenvalue weighted by Crippen LogP contribution is 2.15. The van der Waals surface area contributed by atoms with Gasteiger partial charge in [0.25, 0.3) is 0 Å². The normalized spacial score (nSPS) is 23.0. The molecule has 5 nitrogen and oxygen atoms in total. The van der Waals surface area contributed by atoms with Gasteiger partial charge in [0.2, 0.25) is 5.91 Å². The predicted octanol–water partition coefficient (Wildman–Crippen LogP) is 0.688. The molecule has 1 aromatic rings. The molecular weight excluding hydrogens is 276 g/mol. The topological polar surface area (TPSA) is 89.3 Å². The Morgan fingerprint density at radius 3 is 2.60 bits per heavy atom. The van der Waals surface area contributed by atoms with Crippen LogP contribution in [0.5, 0.6) is 0 Å². The first kappa shape index (κ1) is 15.0. The summed E-state index contributed by atoms with van der Waals surface area (Å²) in [5.41, 5.74) is 7.74. The Kier molecular flexibility index (Phi) is 4.45.